The average Bonchev–Trinajstić information content (AvgIpc) is 3.01. The second-order valence-electron chi connectivity index (χ2n) is 6.21. The summed E-state index contributed by atoms with van der Waals surface area (Å²) >= 11 is 0. The van der Waals surface area contributed by atoms with E-state index >= 15 is 0 Å². The Kier molecular flexibility index (Phi) is 4.76. The lowest BCUT2D eigenvalue weighted by molar-refractivity contribution is 0.0238. The molecular formula is C18H23N3O2. The van der Waals surface area contributed by atoms with Crippen molar-refractivity contribution in [2.24, 2.45) is 5.92 Å². The van der Waals surface area contributed by atoms with Crippen LogP contribution in [0.25, 0.3) is 0 Å². The molecule has 0 radical (unpaired) electrons. The van der Waals surface area contributed by atoms with Crippen molar-refractivity contribution in [2.45, 2.75) is 44.9 Å². The maximum absolute atomic E-state index is 12.5. The molecule has 0 aliphatic heterocycles. The SMILES string of the molecule is CCn1ccc(C(=O)N[C@H](Cc2ccccc2)C2CC(O)C2)n1. The van der Waals surface area contributed by atoms with Crippen LogP contribution in [0.4, 0.5) is 0 Å². The first-order valence-corrected chi connectivity index (χ1v) is 8.22. The number of amides is 1. The highest BCUT2D eigenvalue weighted by molar-refractivity contribution is 5.92. The first-order chi connectivity index (χ1) is 11.2. The largest absolute Gasteiger partial charge is 0.393 e. The molecule has 1 fully saturated rings. The number of hydrogen-bond acceptors (Lipinski definition) is 3. The maximum Gasteiger partial charge on any atom is 0.272 e. The first kappa shape index (κ1) is 15.7. The minimum absolute atomic E-state index is 0.0278. The van der Waals surface area contributed by atoms with Gasteiger partial charge in [0.15, 0.2) is 0 Å². The summed E-state index contributed by atoms with van der Waals surface area (Å²) in [6.07, 6.45) is 3.86. The molecule has 1 aromatic carbocycles. The molecule has 1 aliphatic carbocycles. The van der Waals surface area contributed by atoms with Crippen LogP contribution in [0.15, 0.2) is 42.6 Å². The monoisotopic (exact) mass is 313 g/mol. The van der Waals surface area contributed by atoms with Gasteiger partial charge in [-0.3, -0.25) is 9.48 Å². The van der Waals surface area contributed by atoms with Gasteiger partial charge in [-0.1, -0.05) is 30.3 Å². The number of aryl methyl sites for hydroxylation is 1. The van der Waals surface area contributed by atoms with Crippen LogP contribution >= 0.6 is 0 Å². The Balaban J connectivity index is 1.69. The van der Waals surface area contributed by atoms with Gasteiger partial charge < -0.3 is 10.4 Å². The molecule has 0 spiro atoms. The van der Waals surface area contributed by atoms with Gasteiger partial charge in [0.1, 0.15) is 5.69 Å². The van der Waals surface area contributed by atoms with Gasteiger partial charge in [-0.05, 0) is 43.7 Å². The minimum atomic E-state index is -0.227. The molecule has 23 heavy (non-hydrogen) atoms. The van der Waals surface area contributed by atoms with Gasteiger partial charge in [0.2, 0.25) is 0 Å². The summed E-state index contributed by atoms with van der Waals surface area (Å²) in [6.45, 7) is 2.73. The molecule has 5 heteroatoms. The van der Waals surface area contributed by atoms with Gasteiger partial charge >= 0.3 is 0 Å². The van der Waals surface area contributed by atoms with Crippen molar-refractivity contribution in [1.82, 2.24) is 15.1 Å². The van der Waals surface area contributed by atoms with Crippen LogP contribution in [0.3, 0.4) is 0 Å². The third kappa shape index (κ3) is 3.79. The van der Waals surface area contributed by atoms with E-state index in [0.717, 1.165) is 25.8 Å². The number of hydrogen-bond donors (Lipinski definition) is 2. The van der Waals surface area contributed by atoms with Crippen molar-refractivity contribution in [3.8, 4) is 0 Å². The van der Waals surface area contributed by atoms with Crippen molar-refractivity contribution in [2.75, 3.05) is 0 Å². The molecule has 0 bridgehead atoms. The van der Waals surface area contributed by atoms with Gasteiger partial charge in [0.05, 0.1) is 6.10 Å². The highest BCUT2D eigenvalue weighted by Gasteiger charge is 2.35. The lowest BCUT2D eigenvalue weighted by atomic mass is 9.75. The molecule has 1 atom stereocenters. The number of nitrogens with one attached hydrogen (secondary N) is 1. The van der Waals surface area contributed by atoms with E-state index in [1.165, 1.54) is 5.56 Å². The fourth-order valence-corrected chi connectivity index (χ4v) is 3.06. The van der Waals surface area contributed by atoms with Crippen molar-refractivity contribution in [3.63, 3.8) is 0 Å². The Hall–Kier alpha value is -2.14. The van der Waals surface area contributed by atoms with E-state index in [0.29, 0.717) is 11.6 Å². The topological polar surface area (TPSA) is 67.2 Å². The molecule has 122 valence electrons. The molecule has 1 saturated carbocycles. The molecule has 0 unspecified atom stereocenters. The summed E-state index contributed by atoms with van der Waals surface area (Å²) in [5.74, 6) is 0.182. The van der Waals surface area contributed by atoms with Crippen molar-refractivity contribution < 1.29 is 9.90 Å². The average molecular weight is 313 g/mol. The molecule has 1 aromatic heterocycles. The molecule has 1 heterocycles. The van der Waals surface area contributed by atoms with E-state index in [-0.39, 0.29) is 18.1 Å². The highest BCUT2D eigenvalue weighted by atomic mass is 16.3. The number of carbonyl (C=O) groups excluding carboxylic acids is 1. The van der Waals surface area contributed by atoms with Gasteiger partial charge in [0.25, 0.3) is 5.91 Å². The predicted octanol–water partition coefficient (Wildman–Crippen LogP) is 2.01. The van der Waals surface area contributed by atoms with E-state index in [1.807, 2.05) is 31.3 Å². The van der Waals surface area contributed by atoms with Crippen molar-refractivity contribution >= 4 is 5.91 Å². The van der Waals surface area contributed by atoms with Gasteiger partial charge in [0, 0.05) is 18.8 Å². The van der Waals surface area contributed by atoms with E-state index in [2.05, 4.69) is 22.5 Å². The summed E-state index contributed by atoms with van der Waals surface area (Å²) in [5.41, 5.74) is 1.64. The molecule has 2 N–H and O–H groups in total. The minimum Gasteiger partial charge on any atom is -0.393 e. The Morgan fingerprint density at radius 3 is 2.70 bits per heavy atom. The summed E-state index contributed by atoms with van der Waals surface area (Å²) in [4.78, 5) is 12.5. The fourth-order valence-electron chi connectivity index (χ4n) is 3.06. The number of aliphatic hydroxyl groups excluding tert-OH is 1. The van der Waals surface area contributed by atoms with Crippen LogP contribution in [0, 0.1) is 5.92 Å². The third-order valence-corrected chi connectivity index (χ3v) is 4.53. The quantitative estimate of drug-likeness (QED) is 0.857. The number of aliphatic hydroxyl groups is 1. The summed E-state index contributed by atoms with van der Waals surface area (Å²) in [5, 5.41) is 17.0. The zero-order valence-electron chi connectivity index (χ0n) is 13.4. The van der Waals surface area contributed by atoms with Crippen LogP contribution in [-0.2, 0) is 13.0 Å². The maximum atomic E-state index is 12.5. The van der Waals surface area contributed by atoms with Crippen LogP contribution in [0.1, 0.15) is 35.8 Å². The number of nitrogens with zero attached hydrogens (tertiary/aromatic N) is 2. The molecule has 5 nitrogen and oxygen atoms in total. The number of carbonyl (C=O) groups is 1. The van der Waals surface area contributed by atoms with Gasteiger partial charge in [-0.15, -0.1) is 0 Å². The highest BCUT2D eigenvalue weighted by Crippen LogP contribution is 2.31. The van der Waals surface area contributed by atoms with Crippen LogP contribution < -0.4 is 5.32 Å². The van der Waals surface area contributed by atoms with Gasteiger partial charge in [-0.2, -0.15) is 5.10 Å². The summed E-state index contributed by atoms with van der Waals surface area (Å²) in [6, 6.07) is 11.9. The normalized spacial score (nSPS) is 21.5. The van der Waals surface area contributed by atoms with Gasteiger partial charge in [-0.25, -0.2) is 0 Å². The lowest BCUT2D eigenvalue weighted by Gasteiger charge is -2.38. The Bertz CT molecular complexity index is 647. The summed E-state index contributed by atoms with van der Waals surface area (Å²) in [7, 11) is 0. The van der Waals surface area contributed by atoms with E-state index in [1.54, 1.807) is 10.7 Å². The van der Waals surface area contributed by atoms with Crippen LogP contribution in [0.5, 0.6) is 0 Å². The zero-order chi connectivity index (χ0) is 16.2. The summed E-state index contributed by atoms with van der Waals surface area (Å²) < 4.78 is 1.74. The second kappa shape index (κ2) is 6.96. The smallest absolute Gasteiger partial charge is 0.272 e. The Morgan fingerprint density at radius 2 is 2.09 bits per heavy atom. The van der Waals surface area contributed by atoms with E-state index < -0.39 is 0 Å². The second-order valence-corrected chi connectivity index (χ2v) is 6.21. The molecule has 2 aromatic rings. The number of benzene rings is 1. The molecule has 1 aliphatic rings. The first-order valence-electron chi connectivity index (χ1n) is 8.22. The lowest BCUT2D eigenvalue weighted by Crippen LogP contribution is -2.48. The molecule has 1 amide bonds. The fraction of sp³-hybridized carbons (Fsp3) is 0.444. The number of rotatable bonds is 6. The van der Waals surface area contributed by atoms with Crippen molar-refractivity contribution in [1.29, 1.82) is 0 Å². The zero-order valence-corrected chi connectivity index (χ0v) is 13.4. The predicted molar refractivity (Wildman–Crippen MR) is 88.0 cm³/mol. The third-order valence-electron chi connectivity index (χ3n) is 4.53. The van der Waals surface area contributed by atoms with E-state index in [9.17, 15) is 9.90 Å². The van der Waals surface area contributed by atoms with E-state index in [4.69, 9.17) is 0 Å². The standard InChI is InChI=1S/C18H23N3O2/c1-2-21-9-8-16(20-21)18(23)19-17(14-11-15(22)12-14)10-13-6-4-3-5-7-13/h3-9,14-15,17,22H,2,10-12H2,1H3,(H,19,23)/t14?,15?,17-/m1/s1. The Labute approximate surface area is 136 Å². The molecule has 0 saturated heterocycles. The number of aromatic nitrogens is 2. The van der Waals surface area contributed by atoms with Crippen molar-refractivity contribution in [3.05, 3.63) is 53.9 Å². The van der Waals surface area contributed by atoms with Crippen LogP contribution in [0.2, 0.25) is 0 Å². The molecular weight excluding hydrogens is 290 g/mol. The molecule has 3 rings (SSSR count). The van der Waals surface area contributed by atoms with Crippen LogP contribution in [-0.4, -0.2) is 32.9 Å². The Morgan fingerprint density at radius 1 is 1.35 bits per heavy atom.